The minimum Gasteiger partial charge on any atom is -0.508 e. The third kappa shape index (κ3) is 3.75. The molecule has 1 atom stereocenters. The lowest BCUT2D eigenvalue weighted by molar-refractivity contribution is -0.122. The number of carbonyl (C=O) groups is 1. The standard InChI is InChI=1S/C13H18N2O2/c16-12-3-1-10(2-4-12)9-15-13(17)7-11-5-6-14-8-11/h1-4,11,14,16H,5-9H2,(H,15,17). The first-order chi connectivity index (χ1) is 8.24. The van der Waals surface area contributed by atoms with E-state index in [1.807, 2.05) is 12.1 Å². The highest BCUT2D eigenvalue weighted by Gasteiger charge is 2.17. The lowest BCUT2D eigenvalue weighted by Gasteiger charge is -2.09. The van der Waals surface area contributed by atoms with Crippen molar-refractivity contribution in [2.24, 2.45) is 5.92 Å². The summed E-state index contributed by atoms with van der Waals surface area (Å²) in [5.41, 5.74) is 1.00. The first kappa shape index (κ1) is 11.9. The molecule has 0 bridgehead atoms. The molecule has 1 aromatic rings. The van der Waals surface area contributed by atoms with Crippen molar-refractivity contribution in [3.63, 3.8) is 0 Å². The molecule has 2 rings (SSSR count). The van der Waals surface area contributed by atoms with Crippen LogP contribution < -0.4 is 10.6 Å². The van der Waals surface area contributed by atoms with E-state index in [-0.39, 0.29) is 11.7 Å². The smallest absolute Gasteiger partial charge is 0.220 e. The fourth-order valence-electron chi connectivity index (χ4n) is 2.04. The number of amides is 1. The first-order valence-corrected chi connectivity index (χ1v) is 5.99. The number of rotatable bonds is 4. The van der Waals surface area contributed by atoms with Gasteiger partial charge in [-0.2, -0.15) is 0 Å². The Balaban J connectivity index is 1.73. The second-order valence-corrected chi connectivity index (χ2v) is 4.51. The molecular weight excluding hydrogens is 216 g/mol. The SMILES string of the molecule is O=C(CC1CCNC1)NCc1ccc(O)cc1. The molecule has 0 radical (unpaired) electrons. The van der Waals surface area contributed by atoms with Crippen LogP contribution in [0.5, 0.6) is 5.75 Å². The number of phenols is 1. The van der Waals surface area contributed by atoms with Gasteiger partial charge >= 0.3 is 0 Å². The van der Waals surface area contributed by atoms with E-state index < -0.39 is 0 Å². The molecule has 1 saturated heterocycles. The van der Waals surface area contributed by atoms with Crippen LogP contribution in [-0.4, -0.2) is 24.1 Å². The molecule has 1 unspecified atom stereocenters. The van der Waals surface area contributed by atoms with Gasteiger partial charge in [-0.1, -0.05) is 12.1 Å². The third-order valence-electron chi connectivity index (χ3n) is 3.06. The van der Waals surface area contributed by atoms with Gasteiger partial charge in [-0.25, -0.2) is 0 Å². The Kier molecular flexibility index (Phi) is 3.98. The summed E-state index contributed by atoms with van der Waals surface area (Å²) in [4.78, 5) is 11.7. The number of benzene rings is 1. The average molecular weight is 234 g/mol. The second kappa shape index (κ2) is 5.68. The summed E-state index contributed by atoms with van der Waals surface area (Å²) in [5.74, 6) is 0.832. The van der Waals surface area contributed by atoms with Crippen molar-refractivity contribution in [3.8, 4) is 5.75 Å². The Morgan fingerprint density at radius 2 is 2.18 bits per heavy atom. The molecule has 1 heterocycles. The minimum atomic E-state index is 0.103. The lowest BCUT2D eigenvalue weighted by atomic mass is 10.0. The molecule has 0 aliphatic carbocycles. The van der Waals surface area contributed by atoms with Gasteiger partial charge in [0.1, 0.15) is 5.75 Å². The molecular formula is C13H18N2O2. The van der Waals surface area contributed by atoms with Crippen LogP contribution >= 0.6 is 0 Å². The van der Waals surface area contributed by atoms with Crippen molar-refractivity contribution in [1.29, 1.82) is 0 Å². The van der Waals surface area contributed by atoms with Gasteiger partial charge in [0, 0.05) is 13.0 Å². The van der Waals surface area contributed by atoms with Crippen LogP contribution in [0.2, 0.25) is 0 Å². The average Bonchev–Trinajstić information content (AvgIpc) is 2.81. The number of carbonyl (C=O) groups excluding carboxylic acids is 1. The maximum Gasteiger partial charge on any atom is 0.220 e. The molecule has 17 heavy (non-hydrogen) atoms. The predicted molar refractivity (Wildman–Crippen MR) is 65.5 cm³/mol. The summed E-state index contributed by atoms with van der Waals surface area (Å²) >= 11 is 0. The molecule has 1 aliphatic heterocycles. The van der Waals surface area contributed by atoms with Crippen LogP contribution in [0.4, 0.5) is 0 Å². The zero-order valence-corrected chi connectivity index (χ0v) is 9.78. The molecule has 1 amide bonds. The van der Waals surface area contributed by atoms with Crippen LogP contribution in [0.15, 0.2) is 24.3 Å². The van der Waals surface area contributed by atoms with E-state index >= 15 is 0 Å². The quantitative estimate of drug-likeness (QED) is 0.728. The predicted octanol–water partition coefficient (Wildman–Crippen LogP) is 1.01. The monoisotopic (exact) mass is 234 g/mol. The van der Waals surface area contributed by atoms with E-state index in [4.69, 9.17) is 5.11 Å². The minimum absolute atomic E-state index is 0.103. The number of nitrogens with one attached hydrogen (secondary N) is 2. The summed E-state index contributed by atoms with van der Waals surface area (Å²) in [6.07, 6.45) is 1.69. The van der Waals surface area contributed by atoms with Crippen LogP contribution in [-0.2, 0) is 11.3 Å². The lowest BCUT2D eigenvalue weighted by Crippen LogP contribution is -2.25. The maximum atomic E-state index is 11.7. The zero-order valence-electron chi connectivity index (χ0n) is 9.78. The highest BCUT2D eigenvalue weighted by molar-refractivity contribution is 5.76. The van der Waals surface area contributed by atoms with E-state index in [1.165, 1.54) is 0 Å². The Morgan fingerprint density at radius 1 is 1.41 bits per heavy atom. The fourth-order valence-corrected chi connectivity index (χ4v) is 2.04. The van der Waals surface area contributed by atoms with Crippen molar-refractivity contribution >= 4 is 5.91 Å². The van der Waals surface area contributed by atoms with Crippen molar-refractivity contribution < 1.29 is 9.90 Å². The molecule has 1 aliphatic rings. The van der Waals surface area contributed by atoms with E-state index in [0.29, 0.717) is 18.9 Å². The normalized spacial score (nSPS) is 19.2. The van der Waals surface area contributed by atoms with E-state index in [0.717, 1.165) is 25.1 Å². The van der Waals surface area contributed by atoms with Crippen LogP contribution in [0.1, 0.15) is 18.4 Å². The number of hydrogen-bond acceptors (Lipinski definition) is 3. The van der Waals surface area contributed by atoms with Crippen molar-refractivity contribution in [3.05, 3.63) is 29.8 Å². The highest BCUT2D eigenvalue weighted by Crippen LogP contribution is 2.12. The van der Waals surface area contributed by atoms with E-state index in [2.05, 4.69) is 10.6 Å². The van der Waals surface area contributed by atoms with Crippen molar-refractivity contribution in [2.75, 3.05) is 13.1 Å². The molecule has 4 heteroatoms. The summed E-state index contributed by atoms with van der Waals surface area (Å²) in [6.45, 7) is 2.50. The van der Waals surface area contributed by atoms with Gasteiger partial charge in [-0.3, -0.25) is 4.79 Å². The van der Waals surface area contributed by atoms with Gasteiger partial charge < -0.3 is 15.7 Å². The topological polar surface area (TPSA) is 61.4 Å². The van der Waals surface area contributed by atoms with Gasteiger partial charge in [0.2, 0.25) is 5.91 Å². The summed E-state index contributed by atoms with van der Waals surface area (Å²) in [5, 5.41) is 15.3. The van der Waals surface area contributed by atoms with Gasteiger partial charge in [0.05, 0.1) is 0 Å². The highest BCUT2D eigenvalue weighted by atomic mass is 16.3. The molecule has 92 valence electrons. The van der Waals surface area contributed by atoms with Crippen LogP contribution in [0.25, 0.3) is 0 Å². The second-order valence-electron chi connectivity index (χ2n) is 4.51. The molecule has 3 N–H and O–H groups in total. The van der Waals surface area contributed by atoms with Gasteiger partial charge in [-0.15, -0.1) is 0 Å². The van der Waals surface area contributed by atoms with Crippen molar-refractivity contribution in [1.82, 2.24) is 10.6 Å². The molecule has 4 nitrogen and oxygen atoms in total. The van der Waals surface area contributed by atoms with Crippen molar-refractivity contribution in [2.45, 2.75) is 19.4 Å². The van der Waals surface area contributed by atoms with Crippen LogP contribution in [0.3, 0.4) is 0 Å². The Bertz CT molecular complexity index is 370. The van der Waals surface area contributed by atoms with Crippen LogP contribution in [0, 0.1) is 5.92 Å². The molecule has 0 spiro atoms. The zero-order chi connectivity index (χ0) is 12.1. The van der Waals surface area contributed by atoms with Gasteiger partial charge in [-0.05, 0) is 43.1 Å². The third-order valence-corrected chi connectivity index (χ3v) is 3.06. The Hall–Kier alpha value is -1.55. The number of aromatic hydroxyl groups is 1. The molecule has 0 saturated carbocycles. The molecule has 0 aromatic heterocycles. The summed E-state index contributed by atoms with van der Waals surface area (Å²) in [7, 11) is 0. The number of phenolic OH excluding ortho intramolecular Hbond substituents is 1. The summed E-state index contributed by atoms with van der Waals surface area (Å²) in [6, 6.07) is 6.88. The van der Waals surface area contributed by atoms with Gasteiger partial charge in [0.25, 0.3) is 0 Å². The maximum absolute atomic E-state index is 11.7. The Morgan fingerprint density at radius 3 is 2.82 bits per heavy atom. The molecule has 1 fully saturated rings. The fraction of sp³-hybridized carbons (Fsp3) is 0.462. The number of hydrogen-bond donors (Lipinski definition) is 3. The van der Waals surface area contributed by atoms with E-state index in [1.54, 1.807) is 12.1 Å². The first-order valence-electron chi connectivity index (χ1n) is 5.99. The largest absolute Gasteiger partial charge is 0.508 e. The van der Waals surface area contributed by atoms with E-state index in [9.17, 15) is 4.79 Å². The molecule has 1 aromatic carbocycles. The summed E-state index contributed by atoms with van der Waals surface area (Å²) < 4.78 is 0. The Labute approximate surface area is 101 Å². The van der Waals surface area contributed by atoms with Gasteiger partial charge in [0.15, 0.2) is 0 Å².